The van der Waals surface area contributed by atoms with E-state index >= 15 is 0 Å². The molecule has 0 atom stereocenters. The van der Waals surface area contributed by atoms with Crippen molar-refractivity contribution in [3.63, 3.8) is 0 Å². The second-order valence-corrected chi connectivity index (χ2v) is 5.81. The number of nitrogens with one attached hydrogen (secondary N) is 1. The van der Waals surface area contributed by atoms with Gasteiger partial charge in [0.1, 0.15) is 12.4 Å². The van der Waals surface area contributed by atoms with E-state index in [1.165, 1.54) is 11.5 Å². The van der Waals surface area contributed by atoms with Crippen LogP contribution in [0.15, 0.2) is 42.6 Å². The van der Waals surface area contributed by atoms with Gasteiger partial charge in [-0.15, -0.1) is 0 Å². The summed E-state index contributed by atoms with van der Waals surface area (Å²) in [6, 6.07) is 12.3. The summed E-state index contributed by atoms with van der Waals surface area (Å²) < 4.78 is 4.98. The number of hydrogen-bond donors (Lipinski definition) is 1. The maximum absolute atomic E-state index is 11.6. The van der Waals surface area contributed by atoms with Gasteiger partial charge in [0, 0.05) is 43.8 Å². The molecule has 0 unspecified atom stereocenters. The third kappa shape index (κ3) is 2.72. The molecule has 4 rings (SSSR count). The first kappa shape index (κ1) is 14.0. The molecule has 3 heterocycles. The highest BCUT2D eigenvalue weighted by molar-refractivity contribution is 5.89. The van der Waals surface area contributed by atoms with Gasteiger partial charge in [0.2, 0.25) is 0 Å². The number of H-pyrrole nitrogens is 1. The molecule has 6 nitrogen and oxygen atoms in total. The number of amides is 1. The Hall–Kier alpha value is -2.63. The summed E-state index contributed by atoms with van der Waals surface area (Å²) >= 11 is 0. The van der Waals surface area contributed by atoms with Crippen LogP contribution in [0.2, 0.25) is 0 Å². The number of benzene rings is 1. The monoisotopic (exact) mass is 312 g/mol. The summed E-state index contributed by atoms with van der Waals surface area (Å²) in [6.07, 6.45) is 1.71. The van der Waals surface area contributed by atoms with Crippen molar-refractivity contribution < 1.29 is 9.53 Å². The van der Waals surface area contributed by atoms with E-state index in [0.717, 1.165) is 31.9 Å². The first-order valence-electron chi connectivity index (χ1n) is 7.99. The van der Waals surface area contributed by atoms with Gasteiger partial charge in [-0.05, 0) is 36.4 Å². The molecule has 6 heteroatoms. The van der Waals surface area contributed by atoms with Gasteiger partial charge >= 0.3 is 6.09 Å². The second kappa shape index (κ2) is 5.87. The molecule has 2 aromatic rings. The summed E-state index contributed by atoms with van der Waals surface area (Å²) in [5.41, 5.74) is 2.11. The van der Waals surface area contributed by atoms with Crippen molar-refractivity contribution in [1.82, 2.24) is 4.98 Å². The minimum Gasteiger partial charge on any atom is -0.447 e. The molecule has 2 saturated heterocycles. The fourth-order valence-corrected chi connectivity index (χ4v) is 3.19. The number of cyclic esters (lactones) is 1. The normalized spacial score (nSPS) is 18.4. The predicted molar refractivity (Wildman–Crippen MR) is 90.4 cm³/mol. The van der Waals surface area contributed by atoms with Crippen molar-refractivity contribution in [2.75, 3.05) is 54.0 Å². The van der Waals surface area contributed by atoms with E-state index in [0.29, 0.717) is 13.2 Å². The smallest absolute Gasteiger partial charge is 0.414 e. The lowest BCUT2D eigenvalue weighted by molar-refractivity contribution is 0.181. The summed E-state index contributed by atoms with van der Waals surface area (Å²) in [6.45, 7) is 5.09. The number of aromatic nitrogens is 1. The van der Waals surface area contributed by atoms with Crippen LogP contribution in [-0.4, -0.2) is 50.4 Å². The van der Waals surface area contributed by atoms with Gasteiger partial charge in [-0.2, -0.15) is 0 Å². The Balaban J connectivity index is 1.40. The van der Waals surface area contributed by atoms with Crippen LogP contribution < -0.4 is 14.7 Å². The first-order valence-corrected chi connectivity index (χ1v) is 7.99. The van der Waals surface area contributed by atoms with Gasteiger partial charge < -0.3 is 19.5 Å². The number of carbonyl (C=O) groups excluding carboxylic acids is 1. The largest absolute Gasteiger partial charge is 0.447 e. The topological polar surface area (TPSA) is 51.8 Å². The number of hydrogen-bond acceptors (Lipinski definition) is 4. The molecule has 1 aromatic heterocycles. The first-order chi connectivity index (χ1) is 11.3. The summed E-state index contributed by atoms with van der Waals surface area (Å²) in [4.78, 5) is 21.3. The van der Waals surface area contributed by atoms with Gasteiger partial charge in [-0.3, -0.25) is 4.90 Å². The molecular formula is C17H20N4O2. The molecule has 2 aliphatic rings. The van der Waals surface area contributed by atoms with Crippen molar-refractivity contribution >= 4 is 23.3 Å². The summed E-state index contributed by atoms with van der Waals surface area (Å²) in [7, 11) is 0. The number of piperazine rings is 1. The van der Waals surface area contributed by atoms with E-state index in [-0.39, 0.29) is 6.09 Å². The van der Waals surface area contributed by atoms with Crippen LogP contribution in [0.1, 0.15) is 0 Å². The molecule has 1 amide bonds. The second-order valence-electron chi connectivity index (χ2n) is 5.81. The SMILES string of the molecule is O=C1OCCN1c1ccc(N2CCN(c3ccc[nH]3)CC2)cc1. The summed E-state index contributed by atoms with van der Waals surface area (Å²) in [5, 5.41) is 0. The van der Waals surface area contributed by atoms with Crippen LogP contribution in [0.5, 0.6) is 0 Å². The fraction of sp³-hybridized carbons (Fsp3) is 0.353. The zero-order valence-electron chi connectivity index (χ0n) is 12.9. The molecule has 120 valence electrons. The minimum absolute atomic E-state index is 0.252. The molecular weight excluding hydrogens is 292 g/mol. The van der Waals surface area contributed by atoms with Gasteiger partial charge in [-0.25, -0.2) is 4.79 Å². The van der Waals surface area contributed by atoms with E-state index < -0.39 is 0 Å². The van der Waals surface area contributed by atoms with Crippen molar-refractivity contribution in [1.29, 1.82) is 0 Å². The van der Waals surface area contributed by atoms with Crippen molar-refractivity contribution in [2.24, 2.45) is 0 Å². The van der Waals surface area contributed by atoms with Crippen molar-refractivity contribution in [2.45, 2.75) is 0 Å². The minimum atomic E-state index is -0.252. The van der Waals surface area contributed by atoms with Gasteiger partial charge in [-0.1, -0.05) is 0 Å². The average Bonchev–Trinajstić information content (AvgIpc) is 3.27. The van der Waals surface area contributed by atoms with Crippen LogP contribution >= 0.6 is 0 Å². The number of nitrogens with zero attached hydrogens (tertiary/aromatic N) is 3. The molecule has 23 heavy (non-hydrogen) atoms. The Morgan fingerprint density at radius 3 is 2.17 bits per heavy atom. The Bertz CT molecular complexity index is 660. The lowest BCUT2D eigenvalue weighted by atomic mass is 10.2. The van der Waals surface area contributed by atoms with E-state index in [1.54, 1.807) is 4.90 Å². The van der Waals surface area contributed by atoms with Crippen LogP contribution in [0.3, 0.4) is 0 Å². The van der Waals surface area contributed by atoms with Crippen molar-refractivity contribution in [3.8, 4) is 0 Å². The predicted octanol–water partition coefficient (Wildman–Crippen LogP) is 2.30. The zero-order chi connectivity index (χ0) is 15.6. The highest BCUT2D eigenvalue weighted by atomic mass is 16.6. The molecule has 0 radical (unpaired) electrons. The molecule has 0 spiro atoms. The third-order valence-electron chi connectivity index (χ3n) is 4.49. The Labute approximate surface area is 135 Å². The van der Waals surface area contributed by atoms with E-state index in [9.17, 15) is 4.79 Å². The highest BCUT2D eigenvalue weighted by Gasteiger charge is 2.24. The molecule has 1 N–H and O–H groups in total. The number of rotatable bonds is 3. The lowest BCUT2D eigenvalue weighted by Crippen LogP contribution is -2.46. The molecule has 2 aliphatic heterocycles. The average molecular weight is 312 g/mol. The third-order valence-corrected chi connectivity index (χ3v) is 4.49. The number of carbonyl (C=O) groups is 1. The fourth-order valence-electron chi connectivity index (χ4n) is 3.19. The Morgan fingerprint density at radius 1 is 0.870 bits per heavy atom. The molecule has 1 aromatic carbocycles. The Morgan fingerprint density at radius 2 is 1.57 bits per heavy atom. The number of aromatic amines is 1. The van der Waals surface area contributed by atoms with Crippen LogP contribution in [0.4, 0.5) is 22.0 Å². The van der Waals surface area contributed by atoms with Crippen molar-refractivity contribution in [3.05, 3.63) is 42.6 Å². The van der Waals surface area contributed by atoms with Gasteiger partial charge in [0.05, 0.1) is 6.54 Å². The summed E-state index contributed by atoms with van der Waals surface area (Å²) in [5.74, 6) is 1.19. The number of ether oxygens (including phenoxy) is 1. The van der Waals surface area contributed by atoms with E-state index in [1.807, 2.05) is 24.4 Å². The van der Waals surface area contributed by atoms with Crippen LogP contribution in [0.25, 0.3) is 0 Å². The van der Waals surface area contributed by atoms with Crippen LogP contribution in [-0.2, 0) is 4.74 Å². The molecule has 0 aliphatic carbocycles. The lowest BCUT2D eigenvalue weighted by Gasteiger charge is -2.36. The van der Waals surface area contributed by atoms with Gasteiger partial charge in [0.25, 0.3) is 0 Å². The quantitative estimate of drug-likeness (QED) is 0.945. The molecule has 0 saturated carbocycles. The van der Waals surface area contributed by atoms with Gasteiger partial charge in [0.15, 0.2) is 0 Å². The van der Waals surface area contributed by atoms with Crippen LogP contribution in [0, 0.1) is 0 Å². The standard InChI is InChI=1S/C17H20N4O2/c22-17-21(12-13-23-17)15-5-3-14(4-6-15)19-8-10-20(11-9-19)16-2-1-7-18-16/h1-7,18H,8-13H2. The Kier molecular flexibility index (Phi) is 3.57. The molecule has 0 bridgehead atoms. The maximum atomic E-state index is 11.6. The maximum Gasteiger partial charge on any atom is 0.414 e. The zero-order valence-corrected chi connectivity index (χ0v) is 12.9. The highest BCUT2D eigenvalue weighted by Crippen LogP contribution is 2.24. The van der Waals surface area contributed by atoms with E-state index in [4.69, 9.17) is 4.74 Å². The molecule has 2 fully saturated rings. The number of anilines is 3. The van der Waals surface area contributed by atoms with E-state index in [2.05, 4.69) is 33.0 Å².